The van der Waals surface area contributed by atoms with Gasteiger partial charge in [-0.15, -0.1) is 0 Å². The lowest BCUT2D eigenvalue weighted by atomic mass is 9.95. The minimum Gasteiger partial charge on any atom is -0.507 e. The van der Waals surface area contributed by atoms with Gasteiger partial charge in [-0.2, -0.15) is 0 Å². The van der Waals surface area contributed by atoms with Crippen molar-refractivity contribution in [3.63, 3.8) is 0 Å². The minimum absolute atomic E-state index is 0.00105. The highest BCUT2D eigenvalue weighted by Gasteiger charge is 2.46. The van der Waals surface area contributed by atoms with Crippen molar-refractivity contribution in [3.8, 4) is 17.2 Å². The number of likely N-dealkylation sites (tertiary alicyclic amines) is 1. The molecule has 9 heteroatoms. The van der Waals surface area contributed by atoms with Gasteiger partial charge in [0, 0.05) is 31.7 Å². The number of rotatable bonds is 13. The Kier molecular flexibility index (Phi) is 10.7. The molecule has 2 aliphatic rings. The Labute approximate surface area is 242 Å². The zero-order valence-corrected chi connectivity index (χ0v) is 24.6. The Morgan fingerprint density at radius 1 is 1.02 bits per heavy atom. The molecule has 2 fully saturated rings. The fourth-order valence-corrected chi connectivity index (χ4v) is 5.17. The average Bonchev–Trinajstić information content (AvgIpc) is 3.23. The van der Waals surface area contributed by atoms with Crippen LogP contribution in [-0.4, -0.2) is 85.8 Å². The maximum atomic E-state index is 13.5. The molecule has 0 spiro atoms. The molecule has 0 saturated carbocycles. The zero-order chi connectivity index (χ0) is 29.4. The molecule has 1 unspecified atom stereocenters. The highest BCUT2D eigenvalue weighted by molar-refractivity contribution is 6.46. The SMILES string of the molecule is CCCCOc1ccc(C2C(=C(O)c3ccc(OC(C)C)cc3)C(=O)C(=O)N2CCCN2CCOCC2)cc1OC. The van der Waals surface area contributed by atoms with Gasteiger partial charge < -0.3 is 29.0 Å². The molecule has 0 aliphatic carbocycles. The Hall–Kier alpha value is -3.56. The maximum absolute atomic E-state index is 13.5. The minimum atomic E-state index is -0.773. The van der Waals surface area contributed by atoms with Gasteiger partial charge in [0.2, 0.25) is 0 Å². The van der Waals surface area contributed by atoms with Crippen LogP contribution in [0.4, 0.5) is 0 Å². The third kappa shape index (κ3) is 7.40. The normalized spacial score (nSPS) is 19.1. The summed E-state index contributed by atoms with van der Waals surface area (Å²) in [5, 5.41) is 11.4. The van der Waals surface area contributed by atoms with Crippen molar-refractivity contribution in [3.05, 3.63) is 59.2 Å². The number of benzene rings is 2. The highest BCUT2D eigenvalue weighted by Crippen LogP contribution is 2.42. The van der Waals surface area contributed by atoms with Gasteiger partial charge in [-0.1, -0.05) is 19.4 Å². The number of morpholine rings is 1. The summed E-state index contributed by atoms with van der Waals surface area (Å²) >= 11 is 0. The number of unbranched alkanes of at least 4 members (excludes halogenated alkanes) is 1. The van der Waals surface area contributed by atoms with Crippen LogP contribution in [0.25, 0.3) is 5.76 Å². The molecule has 0 bridgehead atoms. The van der Waals surface area contributed by atoms with E-state index in [-0.39, 0.29) is 17.4 Å². The molecule has 2 heterocycles. The Morgan fingerprint density at radius 2 is 1.76 bits per heavy atom. The van der Waals surface area contributed by atoms with E-state index < -0.39 is 17.7 Å². The van der Waals surface area contributed by atoms with Crippen molar-refractivity contribution in [2.75, 3.05) is 53.1 Å². The summed E-state index contributed by atoms with van der Waals surface area (Å²) in [6, 6.07) is 11.5. The topological polar surface area (TPSA) is 97.8 Å². The number of aliphatic hydroxyl groups excluding tert-OH is 1. The van der Waals surface area contributed by atoms with Crippen LogP contribution in [0.5, 0.6) is 17.2 Å². The van der Waals surface area contributed by atoms with E-state index in [1.165, 1.54) is 0 Å². The molecule has 1 atom stereocenters. The Bertz CT molecular complexity index is 1220. The molecule has 2 saturated heterocycles. The lowest BCUT2D eigenvalue weighted by molar-refractivity contribution is -0.140. The van der Waals surface area contributed by atoms with Crippen LogP contribution in [-0.2, 0) is 14.3 Å². The predicted octanol–water partition coefficient (Wildman–Crippen LogP) is 4.81. The Balaban J connectivity index is 1.69. The van der Waals surface area contributed by atoms with E-state index in [1.54, 1.807) is 48.4 Å². The lowest BCUT2D eigenvalue weighted by Gasteiger charge is -2.29. The third-order valence-corrected chi connectivity index (χ3v) is 7.28. The van der Waals surface area contributed by atoms with E-state index in [0.717, 1.165) is 32.5 Å². The summed E-state index contributed by atoms with van der Waals surface area (Å²) < 4.78 is 22.7. The summed E-state index contributed by atoms with van der Waals surface area (Å²) in [5.74, 6) is 0.203. The molecule has 2 aromatic rings. The van der Waals surface area contributed by atoms with E-state index in [0.29, 0.717) is 61.2 Å². The van der Waals surface area contributed by atoms with E-state index in [9.17, 15) is 14.7 Å². The average molecular weight is 567 g/mol. The first-order valence-electron chi connectivity index (χ1n) is 14.5. The summed E-state index contributed by atoms with van der Waals surface area (Å²) in [5.41, 5.74) is 1.15. The van der Waals surface area contributed by atoms with E-state index in [1.807, 2.05) is 19.9 Å². The molecule has 4 rings (SSSR count). The van der Waals surface area contributed by atoms with E-state index in [2.05, 4.69) is 11.8 Å². The largest absolute Gasteiger partial charge is 0.507 e. The van der Waals surface area contributed by atoms with Crippen LogP contribution in [0.2, 0.25) is 0 Å². The van der Waals surface area contributed by atoms with Gasteiger partial charge in [-0.25, -0.2) is 0 Å². The first kappa shape index (κ1) is 30.4. The van der Waals surface area contributed by atoms with Crippen LogP contribution in [0.3, 0.4) is 0 Å². The van der Waals surface area contributed by atoms with Crippen LogP contribution < -0.4 is 14.2 Å². The number of ether oxygens (including phenoxy) is 4. The van der Waals surface area contributed by atoms with Gasteiger partial charge >= 0.3 is 0 Å². The van der Waals surface area contributed by atoms with Crippen molar-refractivity contribution >= 4 is 17.4 Å². The molecule has 1 amide bonds. The quantitative estimate of drug-likeness (QED) is 0.160. The second-order valence-corrected chi connectivity index (χ2v) is 10.6. The van der Waals surface area contributed by atoms with Crippen LogP contribution in [0, 0.1) is 0 Å². The molecule has 0 radical (unpaired) electrons. The number of aliphatic hydroxyl groups is 1. The number of hydrogen-bond acceptors (Lipinski definition) is 8. The van der Waals surface area contributed by atoms with Gasteiger partial charge in [0.1, 0.15) is 11.5 Å². The summed E-state index contributed by atoms with van der Waals surface area (Å²) in [7, 11) is 1.56. The van der Waals surface area contributed by atoms with Crippen molar-refractivity contribution < 1.29 is 33.6 Å². The number of methoxy groups -OCH3 is 1. The van der Waals surface area contributed by atoms with E-state index >= 15 is 0 Å². The first-order valence-corrected chi connectivity index (χ1v) is 14.5. The van der Waals surface area contributed by atoms with Gasteiger partial charge in [0.05, 0.1) is 44.6 Å². The highest BCUT2D eigenvalue weighted by atomic mass is 16.5. The second kappa shape index (κ2) is 14.4. The zero-order valence-electron chi connectivity index (χ0n) is 24.6. The fourth-order valence-electron chi connectivity index (χ4n) is 5.17. The van der Waals surface area contributed by atoms with Gasteiger partial charge in [-0.05, 0) is 68.7 Å². The van der Waals surface area contributed by atoms with Crippen LogP contribution >= 0.6 is 0 Å². The number of hydrogen-bond donors (Lipinski definition) is 1. The summed E-state index contributed by atoms with van der Waals surface area (Å²) in [6.45, 7) is 10.7. The molecule has 2 aromatic carbocycles. The molecule has 41 heavy (non-hydrogen) atoms. The van der Waals surface area contributed by atoms with Crippen molar-refractivity contribution in [1.82, 2.24) is 9.80 Å². The third-order valence-electron chi connectivity index (χ3n) is 7.28. The molecule has 1 N–H and O–H groups in total. The summed E-state index contributed by atoms with van der Waals surface area (Å²) in [6.07, 6.45) is 2.60. The van der Waals surface area contributed by atoms with Crippen molar-refractivity contribution in [1.29, 1.82) is 0 Å². The fraction of sp³-hybridized carbons (Fsp3) is 0.500. The monoisotopic (exact) mass is 566 g/mol. The van der Waals surface area contributed by atoms with Gasteiger partial charge in [-0.3, -0.25) is 14.5 Å². The smallest absolute Gasteiger partial charge is 0.295 e. The number of Topliss-reactive ketones (excluding diaryl/α,β-unsaturated/α-hetero) is 1. The van der Waals surface area contributed by atoms with Crippen LogP contribution in [0.1, 0.15) is 57.2 Å². The molecular weight excluding hydrogens is 524 g/mol. The number of amides is 1. The van der Waals surface area contributed by atoms with Gasteiger partial charge in [0.15, 0.2) is 11.5 Å². The predicted molar refractivity (Wildman–Crippen MR) is 156 cm³/mol. The first-order chi connectivity index (χ1) is 19.8. The molecule has 222 valence electrons. The number of carbonyl (C=O) groups excluding carboxylic acids is 2. The molecule has 9 nitrogen and oxygen atoms in total. The standard InChI is InChI=1S/C32H42N2O7/c1-5-6-18-40-26-13-10-24(21-27(26)38-4)29-28(30(35)23-8-11-25(12-9-23)41-22(2)3)31(36)32(37)34(29)15-7-14-33-16-19-39-20-17-33/h8-13,21-22,29,35H,5-7,14-20H2,1-4H3. The molecule has 2 aliphatic heterocycles. The lowest BCUT2D eigenvalue weighted by Crippen LogP contribution is -2.39. The number of carbonyl (C=O) groups is 2. The maximum Gasteiger partial charge on any atom is 0.295 e. The van der Waals surface area contributed by atoms with Crippen molar-refractivity contribution in [2.24, 2.45) is 0 Å². The number of ketones is 1. The molecular formula is C32H42N2O7. The molecule has 0 aromatic heterocycles. The Morgan fingerprint density at radius 3 is 2.41 bits per heavy atom. The van der Waals surface area contributed by atoms with Crippen molar-refractivity contribution in [2.45, 2.75) is 52.2 Å². The summed E-state index contributed by atoms with van der Waals surface area (Å²) in [4.78, 5) is 30.7. The second-order valence-electron chi connectivity index (χ2n) is 10.6. The van der Waals surface area contributed by atoms with Crippen LogP contribution in [0.15, 0.2) is 48.0 Å². The van der Waals surface area contributed by atoms with Gasteiger partial charge in [0.25, 0.3) is 11.7 Å². The van der Waals surface area contributed by atoms with E-state index in [4.69, 9.17) is 18.9 Å². The number of nitrogens with zero attached hydrogens (tertiary/aromatic N) is 2.